The molecule has 158 valence electrons. The highest BCUT2D eigenvalue weighted by atomic mass is 16.5. The zero-order chi connectivity index (χ0) is 20.2. The Morgan fingerprint density at radius 3 is 1.85 bits per heavy atom. The highest BCUT2D eigenvalue weighted by Gasteiger charge is 2.26. The van der Waals surface area contributed by atoms with Crippen molar-refractivity contribution in [1.82, 2.24) is 0 Å². The highest BCUT2D eigenvalue weighted by molar-refractivity contribution is 5.83. The molecule has 5 heteroatoms. The van der Waals surface area contributed by atoms with Gasteiger partial charge in [-0.2, -0.15) is 0 Å². The molecule has 0 aromatic rings. The van der Waals surface area contributed by atoms with Gasteiger partial charge in [-0.25, -0.2) is 0 Å². The molecule has 0 radical (unpaired) electrons. The summed E-state index contributed by atoms with van der Waals surface area (Å²) in [6.07, 6.45) is 9.12. The Balaban J connectivity index is 0.000000337. The first-order valence-electron chi connectivity index (χ1n) is 10.8. The van der Waals surface area contributed by atoms with Gasteiger partial charge in [-0.15, -0.1) is 0 Å². The van der Waals surface area contributed by atoms with Gasteiger partial charge in [0, 0.05) is 31.5 Å². The molecule has 2 N–H and O–H groups in total. The number of ether oxygens (including phenoxy) is 2. The van der Waals surface area contributed by atoms with Crippen LogP contribution in [-0.2, 0) is 19.1 Å². The largest absolute Gasteiger partial charge is 0.381 e. The summed E-state index contributed by atoms with van der Waals surface area (Å²) in [5.41, 5.74) is 5.05. The summed E-state index contributed by atoms with van der Waals surface area (Å²) in [7, 11) is 0. The molecule has 0 bridgehead atoms. The second-order valence-electron chi connectivity index (χ2n) is 8.74. The number of Topliss-reactive ketones (excluding diaryl/α,β-unsaturated/α-hetero) is 1. The van der Waals surface area contributed by atoms with Gasteiger partial charge in [-0.3, -0.25) is 9.59 Å². The summed E-state index contributed by atoms with van der Waals surface area (Å²) < 4.78 is 11.1. The molecule has 0 heterocycles. The molecular formula is C22H41NO4. The standard InChI is InChI=1S/C14H27NO3.C8H14O/c1-11(2)18-10-13-5-3-12(4-6-13)9-17-8-7-14(15)16;1-6(2)8(9)7-4-3-5-7/h11-13H,3-10H2,1-2H3,(H2,15,16);6-7H,3-5H2,1-2H3. The summed E-state index contributed by atoms with van der Waals surface area (Å²) >= 11 is 0. The molecule has 0 saturated heterocycles. The van der Waals surface area contributed by atoms with E-state index in [0.29, 0.717) is 42.7 Å². The topological polar surface area (TPSA) is 78.6 Å². The predicted molar refractivity (Wildman–Crippen MR) is 108 cm³/mol. The van der Waals surface area contributed by atoms with Gasteiger partial charge in [0.15, 0.2) is 0 Å². The molecule has 0 aliphatic heterocycles. The van der Waals surface area contributed by atoms with E-state index in [1.807, 2.05) is 13.8 Å². The second-order valence-corrected chi connectivity index (χ2v) is 8.74. The maximum Gasteiger partial charge on any atom is 0.219 e. The summed E-state index contributed by atoms with van der Waals surface area (Å²) in [5, 5.41) is 0. The van der Waals surface area contributed by atoms with Gasteiger partial charge in [-0.05, 0) is 64.2 Å². The van der Waals surface area contributed by atoms with Crippen LogP contribution in [0.3, 0.4) is 0 Å². The van der Waals surface area contributed by atoms with E-state index >= 15 is 0 Å². The molecule has 27 heavy (non-hydrogen) atoms. The Hall–Kier alpha value is -0.940. The number of carbonyl (C=O) groups is 2. The molecule has 2 saturated carbocycles. The maximum atomic E-state index is 11.1. The number of rotatable bonds is 10. The number of ketones is 1. The van der Waals surface area contributed by atoms with Crippen molar-refractivity contribution in [3.63, 3.8) is 0 Å². The average molecular weight is 384 g/mol. The van der Waals surface area contributed by atoms with Gasteiger partial charge in [-0.1, -0.05) is 20.3 Å². The monoisotopic (exact) mass is 383 g/mol. The molecule has 2 aliphatic carbocycles. The van der Waals surface area contributed by atoms with E-state index in [4.69, 9.17) is 15.2 Å². The van der Waals surface area contributed by atoms with Gasteiger partial charge in [0.1, 0.15) is 5.78 Å². The highest BCUT2D eigenvalue weighted by Crippen LogP contribution is 2.30. The third-order valence-corrected chi connectivity index (χ3v) is 5.55. The third-order valence-electron chi connectivity index (χ3n) is 5.55. The summed E-state index contributed by atoms with van der Waals surface area (Å²) in [6, 6.07) is 0. The lowest BCUT2D eigenvalue weighted by Crippen LogP contribution is -2.25. The number of hydrogen-bond donors (Lipinski definition) is 1. The number of carbonyl (C=O) groups excluding carboxylic acids is 2. The van der Waals surface area contributed by atoms with Crippen molar-refractivity contribution in [2.24, 2.45) is 29.4 Å². The van der Waals surface area contributed by atoms with Crippen molar-refractivity contribution in [3.8, 4) is 0 Å². The molecule has 0 spiro atoms. The number of hydrogen-bond acceptors (Lipinski definition) is 4. The van der Waals surface area contributed by atoms with Crippen molar-refractivity contribution in [1.29, 1.82) is 0 Å². The third kappa shape index (κ3) is 10.8. The van der Waals surface area contributed by atoms with Gasteiger partial charge >= 0.3 is 0 Å². The Labute approximate surface area is 165 Å². The normalized spacial score (nSPS) is 22.9. The zero-order valence-corrected chi connectivity index (χ0v) is 17.9. The van der Waals surface area contributed by atoms with Crippen LogP contribution < -0.4 is 5.73 Å². The smallest absolute Gasteiger partial charge is 0.219 e. The van der Waals surface area contributed by atoms with Crippen LogP contribution in [0.1, 0.15) is 79.1 Å². The molecular weight excluding hydrogens is 342 g/mol. The van der Waals surface area contributed by atoms with Crippen LogP contribution >= 0.6 is 0 Å². The van der Waals surface area contributed by atoms with Crippen LogP contribution in [-0.4, -0.2) is 37.6 Å². The molecule has 2 fully saturated rings. The minimum absolute atomic E-state index is 0.260. The molecule has 5 nitrogen and oxygen atoms in total. The molecule has 0 unspecified atom stereocenters. The van der Waals surface area contributed by atoms with E-state index in [9.17, 15) is 9.59 Å². The maximum absolute atomic E-state index is 11.1. The van der Waals surface area contributed by atoms with Crippen LogP contribution in [0.25, 0.3) is 0 Å². The Bertz CT molecular complexity index is 424. The van der Waals surface area contributed by atoms with Gasteiger partial charge in [0.2, 0.25) is 5.91 Å². The lowest BCUT2D eigenvalue weighted by atomic mass is 9.79. The van der Waals surface area contributed by atoms with E-state index < -0.39 is 0 Å². The SMILES string of the molecule is CC(C)C(=O)C1CCC1.CC(C)OCC1CCC(COCCC(N)=O)CC1. The number of nitrogens with two attached hydrogens (primary N) is 1. The van der Waals surface area contributed by atoms with Gasteiger partial charge in [0.05, 0.1) is 12.7 Å². The molecule has 2 aliphatic rings. The minimum atomic E-state index is -0.287. The predicted octanol–water partition coefficient (Wildman–Crippen LogP) is 4.12. The van der Waals surface area contributed by atoms with Crippen LogP contribution in [0, 0.1) is 23.7 Å². The number of primary amides is 1. The molecule has 1 amide bonds. The fourth-order valence-corrected chi connectivity index (χ4v) is 3.48. The fourth-order valence-electron chi connectivity index (χ4n) is 3.48. The summed E-state index contributed by atoms with van der Waals surface area (Å²) in [5.74, 6) is 2.24. The van der Waals surface area contributed by atoms with Gasteiger partial charge in [0.25, 0.3) is 0 Å². The Morgan fingerprint density at radius 2 is 1.48 bits per heavy atom. The van der Waals surface area contributed by atoms with Crippen molar-refractivity contribution in [2.75, 3.05) is 19.8 Å². The minimum Gasteiger partial charge on any atom is -0.381 e. The Kier molecular flexibility index (Phi) is 11.8. The fraction of sp³-hybridized carbons (Fsp3) is 0.909. The molecule has 0 aromatic heterocycles. The zero-order valence-electron chi connectivity index (χ0n) is 17.9. The van der Waals surface area contributed by atoms with E-state index in [1.165, 1.54) is 32.1 Å². The first-order chi connectivity index (χ1) is 12.8. The number of amides is 1. The first-order valence-corrected chi connectivity index (χ1v) is 10.8. The van der Waals surface area contributed by atoms with Crippen LogP contribution in [0.4, 0.5) is 0 Å². The van der Waals surface area contributed by atoms with Crippen LogP contribution in [0.5, 0.6) is 0 Å². The molecule has 2 rings (SSSR count). The van der Waals surface area contributed by atoms with E-state index in [2.05, 4.69) is 13.8 Å². The quantitative estimate of drug-likeness (QED) is 0.576. The van der Waals surface area contributed by atoms with Gasteiger partial charge < -0.3 is 15.2 Å². The van der Waals surface area contributed by atoms with Crippen molar-refractivity contribution < 1.29 is 19.1 Å². The van der Waals surface area contributed by atoms with Crippen molar-refractivity contribution >= 4 is 11.7 Å². The van der Waals surface area contributed by atoms with E-state index in [1.54, 1.807) is 0 Å². The first kappa shape index (κ1) is 24.1. The van der Waals surface area contributed by atoms with Crippen molar-refractivity contribution in [2.45, 2.75) is 85.2 Å². The summed E-state index contributed by atoms with van der Waals surface area (Å²) in [6.45, 7) is 10.3. The lowest BCUT2D eigenvalue weighted by molar-refractivity contribution is -0.128. The van der Waals surface area contributed by atoms with Crippen molar-refractivity contribution in [3.05, 3.63) is 0 Å². The van der Waals surface area contributed by atoms with Crippen LogP contribution in [0.15, 0.2) is 0 Å². The second kappa shape index (κ2) is 13.3. The van der Waals surface area contributed by atoms with E-state index in [-0.39, 0.29) is 11.8 Å². The molecule has 0 atom stereocenters. The van der Waals surface area contributed by atoms with E-state index in [0.717, 1.165) is 26.1 Å². The average Bonchev–Trinajstić information content (AvgIpc) is 2.56. The van der Waals surface area contributed by atoms with Crippen LogP contribution in [0.2, 0.25) is 0 Å². The lowest BCUT2D eigenvalue weighted by Gasteiger charge is -2.28. The molecule has 0 aromatic carbocycles. The summed E-state index contributed by atoms with van der Waals surface area (Å²) in [4.78, 5) is 21.7. The Morgan fingerprint density at radius 1 is 0.926 bits per heavy atom.